The van der Waals surface area contributed by atoms with Crippen LogP contribution in [-0.2, 0) is 7.05 Å². The number of hydrogen-bond donors (Lipinski definition) is 3. The number of hydrazine groups is 1. The Balaban J connectivity index is 1.23. The molecular weight excluding hydrogens is 392 g/mol. The zero-order valence-corrected chi connectivity index (χ0v) is 17.8. The summed E-state index contributed by atoms with van der Waals surface area (Å²) >= 11 is 0. The highest BCUT2D eigenvalue weighted by Crippen LogP contribution is 2.24. The van der Waals surface area contributed by atoms with Crippen molar-refractivity contribution in [2.24, 2.45) is 7.05 Å². The van der Waals surface area contributed by atoms with Crippen LogP contribution in [-0.4, -0.2) is 50.8 Å². The first-order chi connectivity index (χ1) is 15.1. The van der Waals surface area contributed by atoms with Gasteiger partial charge in [0.25, 0.3) is 0 Å². The first-order valence-corrected chi connectivity index (χ1v) is 10.5. The fourth-order valence-electron chi connectivity index (χ4n) is 3.82. The van der Waals surface area contributed by atoms with Crippen molar-refractivity contribution >= 4 is 11.7 Å². The number of rotatable bonds is 7. The Morgan fingerprint density at radius 1 is 1.19 bits per heavy atom. The zero-order valence-electron chi connectivity index (χ0n) is 17.8. The van der Waals surface area contributed by atoms with Crippen LogP contribution in [0.25, 0.3) is 11.4 Å². The first-order valence-electron chi connectivity index (χ1n) is 10.5. The molecule has 1 aromatic heterocycles. The summed E-state index contributed by atoms with van der Waals surface area (Å²) in [4.78, 5) is 14.3. The number of anilines is 1. The van der Waals surface area contributed by atoms with E-state index in [2.05, 4.69) is 56.0 Å². The summed E-state index contributed by atoms with van der Waals surface area (Å²) in [5.74, 6) is 0.649. The van der Waals surface area contributed by atoms with E-state index >= 15 is 0 Å². The lowest BCUT2D eigenvalue weighted by atomic mass is 10.00. The van der Waals surface area contributed by atoms with E-state index in [9.17, 15) is 4.79 Å². The molecule has 1 aliphatic rings. The van der Waals surface area contributed by atoms with Gasteiger partial charge in [0.1, 0.15) is 0 Å². The predicted octanol–water partition coefficient (Wildman–Crippen LogP) is 2.73. The lowest BCUT2D eigenvalue weighted by molar-refractivity contribution is 0.221. The number of hydrogen-bond acceptors (Lipinski definition) is 6. The number of amides is 2. The SMILES string of the molecule is CN(CCCC1CC(c2ccccc2)NN1)C(=O)Nc1cccc(-c2nnnn2C)c1. The van der Waals surface area contributed by atoms with E-state index in [4.69, 9.17) is 0 Å². The minimum atomic E-state index is -0.132. The van der Waals surface area contributed by atoms with Crippen molar-refractivity contribution in [2.45, 2.75) is 31.3 Å². The van der Waals surface area contributed by atoms with E-state index in [0.717, 1.165) is 24.8 Å². The van der Waals surface area contributed by atoms with Crippen LogP contribution in [0.3, 0.4) is 0 Å². The van der Waals surface area contributed by atoms with Gasteiger partial charge in [-0.2, -0.15) is 0 Å². The lowest BCUT2D eigenvalue weighted by Gasteiger charge is -2.19. The maximum absolute atomic E-state index is 12.6. The molecule has 2 heterocycles. The minimum Gasteiger partial charge on any atom is -0.328 e. The summed E-state index contributed by atoms with van der Waals surface area (Å²) < 4.78 is 1.60. The van der Waals surface area contributed by atoms with Gasteiger partial charge in [-0.25, -0.2) is 9.48 Å². The first kappa shape index (κ1) is 21.0. The predicted molar refractivity (Wildman–Crippen MR) is 119 cm³/mol. The normalized spacial score (nSPS) is 18.1. The maximum Gasteiger partial charge on any atom is 0.321 e. The number of carbonyl (C=O) groups is 1. The van der Waals surface area contributed by atoms with Gasteiger partial charge in [0, 0.05) is 44.0 Å². The molecule has 4 rings (SSSR count). The second-order valence-electron chi connectivity index (χ2n) is 7.89. The number of aromatic nitrogens is 4. The average Bonchev–Trinajstić information content (AvgIpc) is 3.43. The van der Waals surface area contributed by atoms with Crippen LogP contribution in [0.4, 0.5) is 10.5 Å². The lowest BCUT2D eigenvalue weighted by Crippen LogP contribution is -2.34. The Morgan fingerprint density at radius 2 is 2.03 bits per heavy atom. The summed E-state index contributed by atoms with van der Waals surface area (Å²) in [5, 5.41) is 14.5. The van der Waals surface area contributed by atoms with Gasteiger partial charge in [0.05, 0.1) is 0 Å². The molecule has 9 nitrogen and oxygen atoms in total. The van der Waals surface area contributed by atoms with E-state index < -0.39 is 0 Å². The second-order valence-corrected chi connectivity index (χ2v) is 7.89. The highest BCUT2D eigenvalue weighted by Gasteiger charge is 2.24. The fraction of sp³-hybridized carbons (Fsp3) is 0.364. The largest absolute Gasteiger partial charge is 0.328 e. The number of benzene rings is 2. The van der Waals surface area contributed by atoms with Gasteiger partial charge in [-0.15, -0.1) is 5.10 Å². The Bertz CT molecular complexity index is 1010. The van der Waals surface area contributed by atoms with E-state index in [1.165, 1.54) is 5.56 Å². The van der Waals surface area contributed by atoms with Crippen molar-refractivity contribution in [3.8, 4) is 11.4 Å². The van der Waals surface area contributed by atoms with Crippen LogP contribution in [0, 0.1) is 0 Å². The van der Waals surface area contributed by atoms with Gasteiger partial charge in [-0.1, -0.05) is 42.5 Å². The quantitative estimate of drug-likeness (QED) is 0.543. The van der Waals surface area contributed by atoms with Crippen molar-refractivity contribution in [3.63, 3.8) is 0 Å². The standard InChI is InChI=1S/C22H28N8O/c1-29(13-7-12-19-15-20(25-24-19)16-8-4-3-5-9-16)22(31)23-18-11-6-10-17(14-18)21-26-27-28-30(21)2/h3-6,8-11,14,19-20,24-25H,7,12-13,15H2,1-2H3,(H,23,31). The minimum absolute atomic E-state index is 0.132. The van der Waals surface area contributed by atoms with E-state index in [0.29, 0.717) is 30.1 Å². The molecule has 0 spiro atoms. The molecule has 1 saturated heterocycles. The van der Waals surface area contributed by atoms with Gasteiger partial charge in [0.15, 0.2) is 5.82 Å². The molecule has 31 heavy (non-hydrogen) atoms. The third-order valence-electron chi connectivity index (χ3n) is 5.57. The molecule has 2 atom stereocenters. The third kappa shape index (κ3) is 5.25. The molecule has 2 amide bonds. The van der Waals surface area contributed by atoms with Crippen molar-refractivity contribution in [1.29, 1.82) is 0 Å². The van der Waals surface area contributed by atoms with Gasteiger partial charge in [0.2, 0.25) is 0 Å². The zero-order chi connectivity index (χ0) is 21.6. The van der Waals surface area contributed by atoms with E-state index in [-0.39, 0.29) is 6.03 Å². The molecule has 0 aliphatic carbocycles. The van der Waals surface area contributed by atoms with Crippen LogP contribution in [0.15, 0.2) is 54.6 Å². The van der Waals surface area contributed by atoms with Gasteiger partial charge < -0.3 is 10.2 Å². The fourth-order valence-corrected chi connectivity index (χ4v) is 3.82. The highest BCUT2D eigenvalue weighted by molar-refractivity contribution is 5.89. The molecule has 0 bridgehead atoms. The number of urea groups is 1. The van der Waals surface area contributed by atoms with Crippen molar-refractivity contribution in [1.82, 2.24) is 36.0 Å². The van der Waals surface area contributed by atoms with Gasteiger partial charge in [-0.05, 0) is 47.4 Å². The number of tetrazole rings is 1. The third-order valence-corrected chi connectivity index (χ3v) is 5.57. The molecule has 0 saturated carbocycles. The summed E-state index contributed by atoms with van der Waals surface area (Å²) in [5.41, 5.74) is 9.62. The Hall–Kier alpha value is -3.30. The molecule has 1 fully saturated rings. The summed E-state index contributed by atoms with van der Waals surface area (Å²) in [7, 11) is 3.60. The van der Waals surface area contributed by atoms with Crippen LogP contribution >= 0.6 is 0 Å². The monoisotopic (exact) mass is 420 g/mol. The molecule has 3 aromatic rings. The topological polar surface area (TPSA) is 100 Å². The van der Waals surface area contributed by atoms with Crippen LogP contribution in [0.5, 0.6) is 0 Å². The summed E-state index contributed by atoms with van der Waals surface area (Å²) in [6.45, 7) is 0.687. The van der Waals surface area contributed by atoms with E-state index in [1.807, 2.05) is 37.4 Å². The Morgan fingerprint density at radius 3 is 2.81 bits per heavy atom. The molecule has 3 N–H and O–H groups in total. The molecule has 9 heteroatoms. The molecule has 2 aromatic carbocycles. The van der Waals surface area contributed by atoms with Crippen molar-refractivity contribution in [3.05, 3.63) is 60.2 Å². The van der Waals surface area contributed by atoms with Crippen molar-refractivity contribution in [2.75, 3.05) is 18.9 Å². The maximum atomic E-state index is 12.6. The number of nitrogens with one attached hydrogen (secondary N) is 3. The van der Waals surface area contributed by atoms with Crippen LogP contribution in [0.2, 0.25) is 0 Å². The summed E-state index contributed by atoms with van der Waals surface area (Å²) in [6.07, 6.45) is 2.97. The number of aryl methyl sites for hydroxylation is 1. The van der Waals surface area contributed by atoms with Crippen molar-refractivity contribution < 1.29 is 4.79 Å². The van der Waals surface area contributed by atoms with Gasteiger partial charge >= 0.3 is 6.03 Å². The highest BCUT2D eigenvalue weighted by atomic mass is 16.2. The smallest absolute Gasteiger partial charge is 0.321 e. The molecule has 2 unspecified atom stereocenters. The number of nitrogens with zero attached hydrogens (tertiary/aromatic N) is 5. The van der Waals surface area contributed by atoms with Gasteiger partial charge in [-0.3, -0.25) is 10.9 Å². The average molecular weight is 421 g/mol. The van der Waals surface area contributed by atoms with Crippen LogP contribution in [0.1, 0.15) is 30.9 Å². The molecule has 1 aliphatic heterocycles. The molecule has 162 valence electrons. The van der Waals surface area contributed by atoms with Crippen LogP contribution < -0.4 is 16.2 Å². The molecule has 0 radical (unpaired) electrons. The number of carbonyl (C=O) groups excluding carboxylic acids is 1. The van der Waals surface area contributed by atoms with E-state index in [1.54, 1.807) is 16.6 Å². The summed E-state index contributed by atoms with van der Waals surface area (Å²) in [6, 6.07) is 18.6. The Kier molecular flexibility index (Phi) is 6.54. The molecular formula is C22H28N8O. The Labute approximate surface area is 181 Å². The second kappa shape index (κ2) is 9.67.